The van der Waals surface area contributed by atoms with Crippen LogP contribution in [0.4, 0.5) is 0 Å². The maximum Gasteiger partial charge on any atom is 0.224 e. The molecule has 0 spiro atoms. The maximum absolute atomic E-state index is 11.8. The van der Waals surface area contributed by atoms with E-state index in [0.717, 1.165) is 12.0 Å². The summed E-state index contributed by atoms with van der Waals surface area (Å²) < 4.78 is 0. The Labute approximate surface area is 106 Å². The smallest absolute Gasteiger partial charge is 0.224 e. The molecular weight excluding hydrogens is 236 g/mol. The molecule has 0 bridgehead atoms. The van der Waals surface area contributed by atoms with E-state index in [0.29, 0.717) is 24.5 Å². The van der Waals surface area contributed by atoms with Crippen molar-refractivity contribution in [3.63, 3.8) is 0 Å². The van der Waals surface area contributed by atoms with Crippen LogP contribution in [0.1, 0.15) is 18.4 Å². The maximum atomic E-state index is 11.8. The Balaban J connectivity index is 1.98. The number of amides is 1. The van der Waals surface area contributed by atoms with Crippen LogP contribution < -0.4 is 0 Å². The Morgan fingerprint density at radius 2 is 2.12 bits per heavy atom. The summed E-state index contributed by atoms with van der Waals surface area (Å²) in [7, 11) is 0. The molecule has 0 radical (unpaired) electrons. The number of carbonyl (C=O) groups excluding carboxylic acids is 1. The van der Waals surface area contributed by atoms with Gasteiger partial charge < -0.3 is 4.90 Å². The SMILES string of the molecule is N#CC1CCN(Cc2ccc(Cl)cc2)C(=O)C1. The molecule has 0 aliphatic carbocycles. The van der Waals surface area contributed by atoms with Crippen LogP contribution in [0.25, 0.3) is 0 Å². The van der Waals surface area contributed by atoms with Gasteiger partial charge in [0.1, 0.15) is 0 Å². The van der Waals surface area contributed by atoms with Gasteiger partial charge in [-0.05, 0) is 24.1 Å². The lowest BCUT2D eigenvalue weighted by atomic mass is 9.97. The Morgan fingerprint density at radius 3 is 2.71 bits per heavy atom. The molecule has 0 saturated carbocycles. The molecule has 1 aromatic carbocycles. The van der Waals surface area contributed by atoms with E-state index in [-0.39, 0.29) is 11.8 Å². The second kappa shape index (κ2) is 5.20. The molecule has 1 fully saturated rings. The minimum absolute atomic E-state index is 0.0674. The van der Waals surface area contributed by atoms with E-state index in [4.69, 9.17) is 16.9 Å². The molecule has 1 aliphatic heterocycles. The van der Waals surface area contributed by atoms with E-state index in [1.165, 1.54) is 0 Å². The molecule has 4 heteroatoms. The van der Waals surface area contributed by atoms with Gasteiger partial charge in [-0.15, -0.1) is 0 Å². The van der Waals surface area contributed by atoms with Gasteiger partial charge in [0, 0.05) is 24.5 Å². The number of benzene rings is 1. The highest BCUT2D eigenvalue weighted by Gasteiger charge is 2.25. The van der Waals surface area contributed by atoms with E-state index >= 15 is 0 Å². The number of hydrogen-bond acceptors (Lipinski definition) is 2. The van der Waals surface area contributed by atoms with Crippen LogP contribution >= 0.6 is 11.6 Å². The zero-order chi connectivity index (χ0) is 12.3. The van der Waals surface area contributed by atoms with Crippen molar-refractivity contribution < 1.29 is 4.79 Å². The molecule has 0 aromatic heterocycles. The molecule has 1 aliphatic rings. The van der Waals surface area contributed by atoms with Crippen LogP contribution in [0.3, 0.4) is 0 Å². The first kappa shape index (κ1) is 11.9. The van der Waals surface area contributed by atoms with Gasteiger partial charge in [-0.3, -0.25) is 4.79 Å². The molecule has 17 heavy (non-hydrogen) atoms. The number of nitrogens with zero attached hydrogens (tertiary/aromatic N) is 2. The Kier molecular flexibility index (Phi) is 3.65. The van der Waals surface area contributed by atoms with Crippen LogP contribution in [-0.2, 0) is 11.3 Å². The fraction of sp³-hybridized carbons (Fsp3) is 0.385. The largest absolute Gasteiger partial charge is 0.338 e. The highest BCUT2D eigenvalue weighted by Crippen LogP contribution is 2.20. The van der Waals surface area contributed by atoms with Gasteiger partial charge in [-0.2, -0.15) is 5.26 Å². The monoisotopic (exact) mass is 248 g/mol. The molecule has 1 aromatic rings. The first-order valence-corrected chi connectivity index (χ1v) is 5.98. The molecule has 1 saturated heterocycles. The average Bonchev–Trinajstić information content (AvgIpc) is 2.34. The third-order valence-corrected chi connectivity index (χ3v) is 3.24. The predicted octanol–water partition coefficient (Wildman–Crippen LogP) is 2.60. The van der Waals surface area contributed by atoms with Crippen molar-refractivity contribution in [2.75, 3.05) is 6.54 Å². The zero-order valence-corrected chi connectivity index (χ0v) is 10.2. The van der Waals surface area contributed by atoms with Crippen molar-refractivity contribution in [3.05, 3.63) is 34.9 Å². The Bertz CT molecular complexity index is 449. The third-order valence-electron chi connectivity index (χ3n) is 2.99. The van der Waals surface area contributed by atoms with Crippen molar-refractivity contribution in [2.45, 2.75) is 19.4 Å². The molecule has 1 heterocycles. The van der Waals surface area contributed by atoms with Gasteiger partial charge in [0.25, 0.3) is 0 Å². The van der Waals surface area contributed by atoms with Gasteiger partial charge in [-0.25, -0.2) is 0 Å². The molecular formula is C13H13ClN2O. The lowest BCUT2D eigenvalue weighted by Gasteiger charge is -2.29. The summed E-state index contributed by atoms with van der Waals surface area (Å²) >= 11 is 5.80. The zero-order valence-electron chi connectivity index (χ0n) is 9.40. The molecule has 1 unspecified atom stereocenters. The fourth-order valence-corrected chi connectivity index (χ4v) is 2.09. The number of likely N-dealkylation sites (tertiary alicyclic amines) is 1. The van der Waals surface area contributed by atoms with Gasteiger partial charge >= 0.3 is 0 Å². The standard InChI is InChI=1S/C13H13ClN2O/c14-12-3-1-10(2-4-12)9-16-6-5-11(8-15)7-13(16)17/h1-4,11H,5-7,9H2. The number of halogens is 1. The van der Waals surface area contributed by atoms with Gasteiger partial charge in [0.15, 0.2) is 0 Å². The highest BCUT2D eigenvalue weighted by atomic mass is 35.5. The number of carbonyl (C=O) groups is 1. The Morgan fingerprint density at radius 1 is 1.41 bits per heavy atom. The minimum atomic E-state index is -0.107. The summed E-state index contributed by atoms with van der Waals surface area (Å²) in [6, 6.07) is 9.65. The summed E-state index contributed by atoms with van der Waals surface area (Å²) in [5.74, 6) is -0.0401. The molecule has 2 rings (SSSR count). The Hall–Kier alpha value is -1.53. The average molecular weight is 249 g/mol. The van der Waals surface area contributed by atoms with E-state index in [9.17, 15) is 4.79 Å². The van der Waals surface area contributed by atoms with E-state index in [1.54, 1.807) is 4.90 Å². The molecule has 0 N–H and O–H groups in total. The quantitative estimate of drug-likeness (QED) is 0.808. The number of hydrogen-bond donors (Lipinski definition) is 0. The van der Waals surface area contributed by atoms with Crippen molar-refractivity contribution in [2.24, 2.45) is 5.92 Å². The summed E-state index contributed by atoms with van der Waals surface area (Å²) in [6.07, 6.45) is 1.12. The van der Waals surface area contributed by atoms with Gasteiger partial charge in [0.2, 0.25) is 5.91 Å². The second-order valence-electron chi connectivity index (χ2n) is 4.26. The first-order valence-electron chi connectivity index (χ1n) is 5.61. The summed E-state index contributed by atoms with van der Waals surface area (Å²) in [4.78, 5) is 13.6. The van der Waals surface area contributed by atoms with Gasteiger partial charge in [0.05, 0.1) is 12.0 Å². The third kappa shape index (κ3) is 2.98. The summed E-state index contributed by atoms with van der Waals surface area (Å²) in [5, 5.41) is 9.48. The van der Waals surface area contributed by atoms with Crippen LogP contribution in [0.15, 0.2) is 24.3 Å². The van der Waals surface area contributed by atoms with Crippen molar-refractivity contribution >= 4 is 17.5 Å². The molecule has 88 valence electrons. The van der Waals surface area contributed by atoms with Crippen molar-refractivity contribution in [3.8, 4) is 6.07 Å². The van der Waals surface area contributed by atoms with E-state index < -0.39 is 0 Å². The minimum Gasteiger partial charge on any atom is -0.338 e. The lowest BCUT2D eigenvalue weighted by Crippen LogP contribution is -2.37. The van der Waals surface area contributed by atoms with Crippen molar-refractivity contribution in [1.29, 1.82) is 5.26 Å². The summed E-state index contributed by atoms with van der Waals surface area (Å²) in [6.45, 7) is 1.27. The number of rotatable bonds is 2. The van der Waals surface area contributed by atoms with Crippen molar-refractivity contribution in [1.82, 2.24) is 4.90 Å². The second-order valence-corrected chi connectivity index (χ2v) is 4.70. The highest BCUT2D eigenvalue weighted by molar-refractivity contribution is 6.30. The summed E-state index contributed by atoms with van der Waals surface area (Å²) in [5.41, 5.74) is 1.07. The van der Waals surface area contributed by atoms with E-state index in [1.807, 2.05) is 24.3 Å². The molecule has 1 amide bonds. The van der Waals surface area contributed by atoms with E-state index in [2.05, 4.69) is 6.07 Å². The van der Waals surface area contributed by atoms with Crippen LogP contribution in [-0.4, -0.2) is 17.4 Å². The number of nitriles is 1. The lowest BCUT2D eigenvalue weighted by molar-refractivity contribution is -0.134. The number of piperidine rings is 1. The first-order chi connectivity index (χ1) is 8.19. The topological polar surface area (TPSA) is 44.1 Å². The molecule has 1 atom stereocenters. The van der Waals surface area contributed by atoms with Crippen LogP contribution in [0.5, 0.6) is 0 Å². The molecule has 3 nitrogen and oxygen atoms in total. The predicted molar refractivity (Wildman–Crippen MR) is 65.2 cm³/mol. The van der Waals surface area contributed by atoms with Crippen LogP contribution in [0, 0.1) is 17.2 Å². The normalized spacial score (nSPS) is 20.1. The van der Waals surface area contributed by atoms with Gasteiger partial charge in [-0.1, -0.05) is 23.7 Å². The fourth-order valence-electron chi connectivity index (χ4n) is 1.97. The van der Waals surface area contributed by atoms with Crippen LogP contribution in [0.2, 0.25) is 5.02 Å².